The summed E-state index contributed by atoms with van der Waals surface area (Å²) in [5, 5.41) is 30.2. The van der Waals surface area contributed by atoms with Crippen LogP contribution in [0.4, 0.5) is 0 Å². The number of ketones is 2. The van der Waals surface area contributed by atoms with Crippen LogP contribution in [0.15, 0.2) is 12.1 Å². The molecule has 2 aliphatic rings. The van der Waals surface area contributed by atoms with Crippen LogP contribution in [0.3, 0.4) is 0 Å². The third-order valence-electron chi connectivity index (χ3n) is 4.66. The molecular formula is C18H22O6. The molecule has 6 heteroatoms. The molecule has 3 N–H and O–H groups in total. The van der Waals surface area contributed by atoms with E-state index in [9.17, 15) is 24.9 Å². The summed E-state index contributed by atoms with van der Waals surface area (Å²) in [4.78, 5) is 25.8. The van der Waals surface area contributed by atoms with Crippen molar-refractivity contribution in [2.75, 3.05) is 0 Å². The molecule has 2 aliphatic carbocycles. The van der Waals surface area contributed by atoms with E-state index in [2.05, 4.69) is 0 Å². The van der Waals surface area contributed by atoms with Crippen LogP contribution < -0.4 is 0 Å². The van der Waals surface area contributed by atoms with Crippen LogP contribution in [0, 0.1) is 11.8 Å². The summed E-state index contributed by atoms with van der Waals surface area (Å²) in [5.41, 5.74) is -0.832. The SMILES string of the molecule is CC(C)(C)O[C@@H]1C[C@H](O)C[C@@H]2C(=O)c3c(O)ccc(O)c3C(=O)[C@@H]21. The summed E-state index contributed by atoms with van der Waals surface area (Å²) in [5.74, 6) is -3.00. The molecule has 0 aromatic heterocycles. The molecule has 1 aromatic carbocycles. The van der Waals surface area contributed by atoms with Crippen LogP contribution in [-0.4, -0.2) is 44.7 Å². The van der Waals surface area contributed by atoms with Gasteiger partial charge in [0.2, 0.25) is 0 Å². The van der Waals surface area contributed by atoms with Gasteiger partial charge in [0.1, 0.15) is 11.5 Å². The summed E-state index contributed by atoms with van der Waals surface area (Å²) >= 11 is 0. The largest absolute Gasteiger partial charge is 0.507 e. The van der Waals surface area contributed by atoms with Crippen LogP contribution >= 0.6 is 0 Å². The summed E-state index contributed by atoms with van der Waals surface area (Å²) in [6.07, 6.45) is -0.971. The normalized spacial score (nSPS) is 30.0. The zero-order valence-corrected chi connectivity index (χ0v) is 13.9. The molecule has 0 spiro atoms. The molecule has 0 amide bonds. The van der Waals surface area contributed by atoms with Gasteiger partial charge in [0.05, 0.1) is 34.9 Å². The Hall–Kier alpha value is -1.92. The number of hydrogen-bond acceptors (Lipinski definition) is 6. The van der Waals surface area contributed by atoms with Crippen LogP contribution in [0.25, 0.3) is 0 Å². The van der Waals surface area contributed by atoms with Gasteiger partial charge in [-0.3, -0.25) is 9.59 Å². The Balaban J connectivity index is 2.11. The summed E-state index contributed by atoms with van der Waals surface area (Å²) < 4.78 is 5.95. The average molecular weight is 334 g/mol. The highest BCUT2D eigenvalue weighted by Crippen LogP contribution is 2.46. The van der Waals surface area contributed by atoms with Crippen LogP contribution in [-0.2, 0) is 4.74 Å². The number of phenolic OH excluding ortho intramolecular Hbond substituents is 2. The Bertz CT molecular complexity index is 702. The van der Waals surface area contributed by atoms with Crippen molar-refractivity contribution in [2.24, 2.45) is 11.8 Å². The van der Waals surface area contributed by atoms with E-state index in [0.717, 1.165) is 0 Å². The van der Waals surface area contributed by atoms with E-state index in [1.165, 1.54) is 12.1 Å². The molecule has 1 aromatic rings. The maximum absolute atomic E-state index is 13.0. The predicted octanol–water partition coefficient (Wildman–Crippen LogP) is 2.05. The van der Waals surface area contributed by atoms with E-state index in [-0.39, 0.29) is 35.5 Å². The second-order valence-corrected chi connectivity index (χ2v) is 7.61. The van der Waals surface area contributed by atoms with Crippen LogP contribution in [0.5, 0.6) is 11.5 Å². The monoisotopic (exact) mass is 334 g/mol. The number of ether oxygens (including phenoxy) is 1. The summed E-state index contributed by atoms with van der Waals surface area (Å²) in [7, 11) is 0. The molecule has 6 nitrogen and oxygen atoms in total. The first-order valence-electron chi connectivity index (χ1n) is 8.09. The average Bonchev–Trinajstić information content (AvgIpc) is 2.44. The highest BCUT2D eigenvalue weighted by atomic mass is 16.5. The molecule has 4 atom stereocenters. The maximum atomic E-state index is 13.0. The zero-order valence-electron chi connectivity index (χ0n) is 13.9. The summed E-state index contributed by atoms with van der Waals surface area (Å²) in [6, 6.07) is 2.40. The number of aromatic hydroxyl groups is 2. The van der Waals surface area contributed by atoms with Gasteiger partial charge in [0.15, 0.2) is 11.6 Å². The maximum Gasteiger partial charge on any atom is 0.173 e. The van der Waals surface area contributed by atoms with E-state index in [1.807, 2.05) is 20.8 Å². The number of aliphatic hydroxyl groups is 1. The van der Waals surface area contributed by atoms with Gasteiger partial charge < -0.3 is 20.1 Å². The Labute approximate surface area is 140 Å². The smallest absolute Gasteiger partial charge is 0.173 e. The molecule has 0 heterocycles. The quantitative estimate of drug-likeness (QED) is 0.679. The standard InChI is InChI=1S/C18H22O6/c1-18(2,3)24-12-7-8(19)6-9-13(12)17(23)15-11(21)5-4-10(20)14(15)16(9)22/h4-5,8-9,12-13,19-21H,6-7H2,1-3H3/t8-,9+,12-,13+/m1/s1. The number of benzene rings is 1. The minimum Gasteiger partial charge on any atom is -0.507 e. The number of fused-ring (bicyclic) bond motifs is 2. The number of Topliss-reactive ketones (excluding diaryl/α,β-unsaturated/α-hetero) is 2. The van der Waals surface area contributed by atoms with Gasteiger partial charge in [0, 0.05) is 12.3 Å². The van der Waals surface area contributed by atoms with Gasteiger partial charge in [-0.1, -0.05) is 0 Å². The first-order valence-corrected chi connectivity index (χ1v) is 8.09. The summed E-state index contributed by atoms with van der Waals surface area (Å²) in [6.45, 7) is 5.53. The van der Waals surface area contributed by atoms with Gasteiger partial charge in [0.25, 0.3) is 0 Å². The number of phenols is 2. The molecule has 24 heavy (non-hydrogen) atoms. The van der Waals surface area contributed by atoms with Gasteiger partial charge in [-0.25, -0.2) is 0 Å². The fourth-order valence-electron chi connectivity index (χ4n) is 3.84. The minimum atomic E-state index is -0.764. The first kappa shape index (κ1) is 16.9. The van der Waals surface area contributed by atoms with Crippen molar-refractivity contribution in [3.05, 3.63) is 23.3 Å². The molecule has 1 fully saturated rings. The predicted molar refractivity (Wildman–Crippen MR) is 85.3 cm³/mol. The number of carbonyl (C=O) groups is 2. The van der Waals surface area contributed by atoms with Crippen molar-refractivity contribution in [3.63, 3.8) is 0 Å². The van der Waals surface area contributed by atoms with Crippen LogP contribution in [0.2, 0.25) is 0 Å². The number of aliphatic hydroxyl groups excluding tert-OH is 1. The first-order chi connectivity index (χ1) is 11.1. The van der Waals surface area contributed by atoms with E-state index < -0.39 is 41.2 Å². The molecule has 0 aliphatic heterocycles. The molecular weight excluding hydrogens is 312 g/mol. The van der Waals surface area contributed by atoms with E-state index in [0.29, 0.717) is 0 Å². The molecule has 1 saturated carbocycles. The number of rotatable bonds is 1. The zero-order chi connectivity index (χ0) is 17.8. The van der Waals surface area contributed by atoms with Crippen molar-refractivity contribution >= 4 is 11.6 Å². The Morgan fingerprint density at radius 1 is 1.00 bits per heavy atom. The van der Waals surface area contributed by atoms with Gasteiger partial charge in [-0.2, -0.15) is 0 Å². The van der Waals surface area contributed by atoms with Gasteiger partial charge in [-0.15, -0.1) is 0 Å². The topological polar surface area (TPSA) is 104 Å². The minimum absolute atomic E-state index is 0.139. The number of carbonyl (C=O) groups excluding carboxylic acids is 2. The van der Waals surface area contributed by atoms with E-state index in [4.69, 9.17) is 4.74 Å². The fourth-order valence-corrected chi connectivity index (χ4v) is 3.84. The second kappa shape index (κ2) is 5.57. The van der Waals surface area contributed by atoms with Crippen molar-refractivity contribution in [1.29, 1.82) is 0 Å². The van der Waals surface area contributed by atoms with Gasteiger partial charge >= 0.3 is 0 Å². The lowest BCUT2D eigenvalue weighted by Crippen LogP contribution is -2.51. The van der Waals surface area contributed by atoms with Crippen LogP contribution in [0.1, 0.15) is 54.3 Å². The molecule has 0 radical (unpaired) electrons. The highest BCUT2D eigenvalue weighted by Gasteiger charge is 2.52. The van der Waals surface area contributed by atoms with Crippen molar-refractivity contribution < 1.29 is 29.6 Å². The van der Waals surface area contributed by atoms with Gasteiger partial charge in [-0.05, 0) is 39.3 Å². The third-order valence-corrected chi connectivity index (χ3v) is 4.66. The Kier molecular flexibility index (Phi) is 3.92. The second-order valence-electron chi connectivity index (χ2n) is 7.61. The highest BCUT2D eigenvalue weighted by molar-refractivity contribution is 6.19. The van der Waals surface area contributed by atoms with Crippen molar-refractivity contribution in [2.45, 2.75) is 51.4 Å². The Morgan fingerprint density at radius 2 is 1.54 bits per heavy atom. The Morgan fingerprint density at radius 3 is 2.08 bits per heavy atom. The molecule has 0 saturated heterocycles. The van der Waals surface area contributed by atoms with E-state index >= 15 is 0 Å². The fraction of sp³-hybridized carbons (Fsp3) is 0.556. The van der Waals surface area contributed by atoms with Crippen molar-refractivity contribution in [1.82, 2.24) is 0 Å². The third kappa shape index (κ3) is 2.70. The molecule has 3 rings (SSSR count). The lowest BCUT2D eigenvalue weighted by molar-refractivity contribution is -0.118. The lowest BCUT2D eigenvalue weighted by Gasteiger charge is -2.43. The van der Waals surface area contributed by atoms with Crippen molar-refractivity contribution in [3.8, 4) is 11.5 Å². The molecule has 0 bridgehead atoms. The van der Waals surface area contributed by atoms with E-state index in [1.54, 1.807) is 0 Å². The number of hydrogen-bond donors (Lipinski definition) is 3. The lowest BCUT2D eigenvalue weighted by atomic mass is 9.65. The molecule has 0 unspecified atom stereocenters. The molecule has 130 valence electrons.